The summed E-state index contributed by atoms with van der Waals surface area (Å²) in [6, 6.07) is 9.14. The van der Waals surface area contributed by atoms with E-state index < -0.39 is 0 Å². The molecule has 7 heteroatoms. The fraction of sp³-hybridized carbons (Fsp3) is 0.211. The quantitative estimate of drug-likeness (QED) is 0.587. The van der Waals surface area contributed by atoms with Gasteiger partial charge in [-0.2, -0.15) is 0 Å². The van der Waals surface area contributed by atoms with Crippen LogP contribution in [0.4, 0.5) is 0 Å². The van der Waals surface area contributed by atoms with Gasteiger partial charge in [0.2, 0.25) is 0 Å². The topological polar surface area (TPSA) is 72.8 Å². The second kappa shape index (κ2) is 6.10. The summed E-state index contributed by atoms with van der Waals surface area (Å²) >= 11 is 1.53. The molecule has 0 spiro atoms. The molecule has 1 fully saturated rings. The van der Waals surface area contributed by atoms with E-state index in [-0.39, 0.29) is 5.56 Å². The summed E-state index contributed by atoms with van der Waals surface area (Å²) in [6.45, 7) is 0.415. The lowest BCUT2D eigenvalue weighted by atomic mass is 10.2. The molecule has 1 aromatic carbocycles. The molecule has 6 nitrogen and oxygen atoms in total. The van der Waals surface area contributed by atoms with Gasteiger partial charge in [-0.05, 0) is 37.1 Å². The third kappa shape index (κ3) is 2.90. The maximum Gasteiger partial charge on any atom is 0.258 e. The minimum Gasteiger partial charge on any atom is -0.488 e. The number of pyridine rings is 1. The Kier molecular flexibility index (Phi) is 3.60. The van der Waals surface area contributed by atoms with Gasteiger partial charge in [0.1, 0.15) is 18.2 Å². The minimum atomic E-state index is -0.131. The van der Waals surface area contributed by atoms with E-state index in [1.54, 1.807) is 28.5 Å². The van der Waals surface area contributed by atoms with Crippen molar-refractivity contribution in [1.82, 2.24) is 19.5 Å². The van der Waals surface area contributed by atoms with Crippen LogP contribution in [0.2, 0.25) is 0 Å². The second-order valence-corrected chi connectivity index (χ2v) is 7.40. The number of fused-ring (bicyclic) bond motifs is 1. The van der Waals surface area contributed by atoms with Crippen molar-refractivity contribution in [2.75, 3.05) is 0 Å². The summed E-state index contributed by atoms with van der Waals surface area (Å²) in [6.07, 6.45) is 5.91. The van der Waals surface area contributed by atoms with E-state index in [1.807, 2.05) is 18.2 Å². The number of rotatable bonds is 5. The van der Waals surface area contributed by atoms with Crippen molar-refractivity contribution in [3.05, 3.63) is 69.3 Å². The first-order chi connectivity index (χ1) is 12.8. The van der Waals surface area contributed by atoms with E-state index in [9.17, 15) is 4.79 Å². The van der Waals surface area contributed by atoms with Gasteiger partial charge in [0.25, 0.3) is 5.56 Å². The zero-order valence-electron chi connectivity index (χ0n) is 13.9. The predicted octanol–water partition coefficient (Wildman–Crippen LogP) is 3.63. The zero-order valence-corrected chi connectivity index (χ0v) is 14.7. The first kappa shape index (κ1) is 15.3. The van der Waals surface area contributed by atoms with Gasteiger partial charge in [0.15, 0.2) is 0 Å². The molecular formula is C19H16N4O2S. The highest BCUT2D eigenvalue weighted by atomic mass is 32.1. The van der Waals surface area contributed by atoms with Crippen LogP contribution in [0, 0.1) is 0 Å². The smallest absolute Gasteiger partial charge is 0.258 e. The summed E-state index contributed by atoms with van der Waals surface area (Å²) in [7, 11) is 0. The molecule has 1 aliphatic carbocycles. The van der Waals surface area contributed by atoms with Gasteiger partial charge in [-0.25, -0.2) is 4.98 Å². The van der Waals surface area contributed by atoms with Crippen molar-refractivity contribution in [3.8, 4) is 11.4 Å². The van der Waals surface area contributed by atoms with E-state index in [4.69, 9.17) is 4.74 Å². The molecule has 0 amide bonds. The summed E-state index contributed by atoms with van der Waals surface area (Å²) in [5, 5.41) is 0. The summed E-state index contributed by atoms with van der Waals surface area (Å²) in [5.41, 5.74) is 4.34. The van der Waals surface area contributed by atoms with Crippen LogP contribution in [0.25, 0.3) is 16.7 Å². The van der Waals surface area contributed by atoms with Gasteiger partial charge >= 0.3 is 0 Å². The van der Waals surface area contributed by atoms with Crippen molar-refractivity contribution in [3.63, 3.8) is 0 Å². The predicted molar refractivity (Wildman–Crippen MR) is 100 cm³/mol. The molecule has 0 unspecified atom stereocenters. The molecule has 0 aliphatic heterocycles. The summed E-state index contributed by atoms with van der Waals surface area (Å²) in [4.78, 5) is 25.5. The first-order valence-corrected chi connectivity index (χ1v) is 9.37. The SMILES string of the molecule is O=c1cc(OCc2cncs2)ccn1-c1ccc2nc(C3CC3)[nH]c2c1. The van der Waals surface area contributed by atoms with E-state index in [2.05, 4.69) is 15.0 Å². The van der Waals surface area contributed by atoms with E-state index in [0.717, 1.165) is 27.4 Å². The number of H-pyrrole nitrogens is 1. The molecule has 0 bridgehead atoms. The highest BCUT2D eigenvalue weighted by Gasteiger charge is 2.26. The molecule has 0 radical (unpaired) electrons. The van der Waals surface area contributed by atoms with Gasteiger partial charge in [-0.1, -0.05) is 0 Å². The number of nitrogens with zero attached hydrogens (tertiary/aromatic N) is 3. The van der Waals surface area contributed by atoms with Crippen molar-refractivity contribution in [1.29, 1.82) is 0 Å². The Labute approximate surface area is 153 Å². The lowest BCUT2D eigenvalue weighted by Gasteiger charge is -2.08. The molecule has 3 heterocycles. The molecule has 1 saturated carbocycles. The Balaban J connectivity index is 1.42. The first-order valence-electron chi connectivity index (χ1n) is 8.49. The van der Waals surface area contributed by atoms with E-state index in [1.165, 1.54) is 30.2 Å². The Morgan fingerprint density at radius 1 is 1.27 bits per heavy atom. The van der Waals surface area contributed by atoms with Crippen molar-refractivity contribution in [2.45, 2.75) is 25.4 Å². The fourth-order valence-corrected chi connectivity index (χ4v) is 3.45. The third-order valence-electron chi connectivity index (χ3n) is 4.48. The van der Waals surface area contributed by atoms with Crippen LogP contribution in [0.5, 0.6) is 5.75 Å². The Hall–Kier alpha value is -2.93. The van der Waals surface area contributed by atoms with Crippen LogP contribution in [0.3, 0.4) is 0 Å². The number of ether oxygens (including phenoxy) is 1. The number of nitrogens with one attached hydrogen (secondary N) is 1. The lowest BCUT2D eigenvalue weighted by molar-refractivity contribution is 0.308. The normalized spacial score (nSPS) is 14.0. The molecule has 0 atom stereocenters. The van der Waals surface area contributed by atoms with Gasteiger partial charge in [-0.15, -0.1) is 11.3 Å². The number of hydrogen-bond acceptors (Lipinski definition) is 5. The van der Waals surface area contributed by atoms with Gasteiger partial charge < -0.3 is 9.72 Å². The van der Waals surface area contributed by atoms with Crippen molar-refractivity contribution < 1.29 is 4.74 Å². The standard InChI is InChI=1S/C19H16N4O2S/c24-18-8-14(25-10-15-9-20-11-26-15)5-6-23(18)13-3-4-16-17(7-13)22-19(21-16)12-1-2-12/h3-9,11-12H,1-2,10H2,(H,21,22). The highest BCUT2D eigenvalue weighted by Crippen LogP contribution is 2.39. The summed E-state index contributed by atoms with van der Waals surface area (Å²) in [5.74, 6) is 2.18. The molecule has 1 N–H and O–H groups in total. The molecule has 4 aromatic rings. The second-order valence-electron chi connectivity index (χ2n) is 6.42. The van der Waals surface area contributed by atoms with Crippen LogP contribution < -0.4 is 10.3 Å². The number of aromatic nitrogens is 4. The molecule has 0 saturated heterocycles. The average molecular weight is 364 g/mol. The molecule has 3 aromatic heterocycles. The molecular weight excluding hydrogens is 348 g/mol. The van der Waals surface area contributed by atoms with Crippen LogP contribution >= 0.6 is 11.3 Å². The lowest BCUT2D eigenvalue weighted by Crippen LogP contribution is -2.16. The van der Waals surface area contributed by atoms with Crippen LogP contribution in [0.15, 0.2) is 53.0 Å². The van der Waals surface area contributed by atoms with E-state index >= 15 is 0 Å². The maximum absolute atomic E-state index is 12.5. The van der Waals surface area contributed by atoms with Gasteiger partial charge in [0, 0.05) is 24.4 Å². The van der Waals surface area contributed by atoms with Crippen molar-refractivity contribution >= 4 is 22.4 Å². The third-order valence-corrected chi connectivity index (χ3v) is 5.23. The van der Waals surface area contributed by atoms with Crippen LogP contribution in [-0.4, -0.2) is 19.5 Å². The number of hydrogen-bond donors (Lipinski definition) is 1. The zero-order chi connectivity index (χ0) is 17.5. The van der Waals surface area contributed by atoms with E-state index in [0.29, 0.717) is 18.3 Å². The molecule has 26 heavy (non-hydrogen) atoms. The number of thiazole rings is 1. The molecule has 5 rings (SSSR count). The monoisotopic (exact) mass is 364 g/mol. The van der Waals surface area contributed by atoms with Gasteiger partial charge in [0.05, 0.1) is 27.1 Å². The van der Waals surface area contributed by atoms with Crippen LogP contribution in [-0.2, 0) is 6.61 Å². The van der Waals surface area contributed by atoms with Crippen LogP contribution in [0.1, 0.15) is 29.5 Å². The number of aromatic amines is 1. The fourth-order valence-electron chi connectivity index (χ4n) is 2.95. The highest BCUT2D eigenvalue weighted by molar-refractivity contribution is 7.09. The molecule has 1 aliphatic rings. The average Bonchev–Trinajstić information content (AvgIpc) is 3.20. The Bertz CT molecular complexity index is 1130. The largest absolute Gasteiger partial charge is 0.488 e. The minimum absolute atomic E-state index is 0.131. The maximum atomic E-state index is 12.5. The van der Waals surface area contributed by atoms with Gasteiger partial charge in [-0.3, -0.25) is 14.3 Å². The number of benzene rings is 1. The Morgan fingerprint density at radius 3 is 2.96 bits per heavy atom. The summed E-state index contributed by atoms with van der Waals surface area (Å²) < 4.78 is 7.28. The Morgan fingerprint density at radius 2 is 2.19 bits per heavy atom. The van der Waals surface area contributed by atoms with Crippen molar-refractivity contribution in [2.24, 2.45) is 0 Å². The molecule has 130 valence electrons. The number of imidazole rings is 1.